The number of rotatable bonds is 4. The lowest BCUT2D eigenvalue weighted by atomic mass is 9.88. The highest BCUT2D eigenvalue weighted by molar-refractivity contribution is 6.30. The van der Waals surface area contributed by atoms with Crippen LogP contribution in [-0.4, -0.2) is 29.5 Å². The number of likely N-dealkylation sites (tertiary alicyclic amines) is 1. The number of amides is 1. The Hall–Kier alpha value is -2.04. The van der Waals surface area contributed by atoms with E-state index in [1.54, 1.807) is 0 Å². The van der Waals surface area contributed by atoms with Gasteiger partial charge in [0.1, 0.15) is 11.4 Å². The fraction of sp³-hybridized carbons (Fsp3) is 0.458. The zero-order valence-electron chi connectivity index (χ0n) is 17.2. The van der Waals surface area contributed by atoms with Crippen molar-refractivity contribution in [3.63, 3.8) is 0 Å². The summed E-state index contributed by atoms with van der Waals surface area (Å²) in [6, 6.07) is 16.1. The van der Waals surface area contributed by atoms with Crippen LogP contribution in [0.2, 0.25) is 5.02 Å². The van der Waals surface area contributed by atoms with Crippen molar-refractivity contribution >= 4 is 17.5 Å². The molecule has 4 rings (SSSR count). The third kappa shape index (κ3) is 4.93. The number of hydrogen-bond donors (Lipinski definition) is 1. The second kappa shape index (κ2) is 8.37. The van der Waals surface area contributed by atoms with Crippen molar-refractivity contribution in [2.24, 2.45) is 5.92 Å². The van der Waals surface area contributed by atoms with E-state index in [0.29, 0.717) is 0 Å². The van der Waals surface area contributed by atoms with Crippen LogP contribution in [0.1, 0.15) is 50.3 Å². The average molecular weight is 413 g/mol. The molecule has 1 fully saturated rings. The summed E-state index contributed by atoms with van der Waals surface area (Å²) in [7, 11) is 0. The lowest BCUT2D eigenvalue weighted by Crippen LogP contribution is -2.45. The molecule has 0 spiro atoms. The molecule has 5 heteroatoms. The summed E-state index contributed by atoms with van der Waals surface area (Å²) in [5.74, 6) is 1.12. The van der Waals surface area contributed by atoms with Gasteiger partial charge < -0.3 is 10.1 Å². The summed E-state index contributed by atoms with van der Waals surface area (Å²) in [6.45, 7) is 6.91. The van der Waals surface area contributed by atoms with Gasteiger partial charge in [-0.15, -0.1) is 0 Å². The predicted octanol–water partition coefficient (Wildman–Crippen LogP) is 4.97. The molecule has 1 N–H and O–H groups in total. The summed E-state index contributed by atoms with van der Waals surface area (Å²) in [5, 5.41) is 4.09. The molecule has 2 aliphatic heterocycles. The van der Waals surface area contributed by atoms with E-state index >= 15 is 0 Å². The number of halogens is 1. The fourth-order valence-electron chi connectivity index (χ4n) is 4.47. The zero-order valence-corrected chi connectivity index (χ0v) is 17.9. The summed E-state index contributed by atoms with van der Waals surface area (Å²) in [5.41, 5.74) is 2.02. The lowest BCUT2D eigenvalue weighted by molar-refractivity contribution is -0.127. The maximum absolute atomic E-state index is 13.0. The van der Waals surface area contributed by atoms with Gasteiger partial charge in [-0.05, 0) is 63.5 Å². The maximum atomic E-state index is 13.0. The number of nitrogens with zero attached hydrogens (tertiary/aromatic N) is 1. The van der Waals surface area contributed by atoms with E-state index in [0.717, 1.165) is 55.2 Å². The van der Waals surface area contributed by atoms with Gasteiger partial charge in [-0.2, -0.15) is 0 Å². The van der Waals surface area contributed by atoms with Gasteiger partial charge in [0.2, 0.25) is 5.91 Å². The van der Waals surface area contributed by atoms with Crippen molar-refractivity contribution in [3.8, 4) is 5.75 Å². The summed E-state index contributed by atoms with van der Waals surface area (Å²) >= 11 is 6.10. The van der Waals surface area contributed by atoms with Gasteiger partial charge in [0.05, 0.1) is 6.04 Å². The van der Waals surface area contributed by atoms with Gasteiger partial charge in [0, 0.05) is 29.5 Å². The fourth-order valence-corrected chi connectivity index (χ4v) is 4.68. The molecule has 2 aromatic rings. The van der Waals surface area contributed by atoms with E-state index in [9.17, 15) is 4.79 Å². The van der Waals surface area contributed by atoms with Gasteiger partial charge in [-0.3, -0.25) is 9.69 Å². The maximum Gasteiger partial charge on any atom is 0.223 e. The Labute approximate surface area is 178 Å². The average Bonchev–Trinajstić information content (AvgIpc) is 2.67. The molecule has 2 aromatic carbocycles. The van der Waals surface area contributed by atoms with Gasteiger partial charge in [0.15, 0.2) is 0 Å². The van der Waals surface area contributed by atoms with E-state index in [1.165, 1.54) is 5.56 Å². The van der Waals surface area contributed by atoms with Crippen LogP contribution in [0.3, 0.4) is 0 Å². The highest BCUT2D eigenvalue weighted by Crippen LogP contribution is 2.39. The minimum absolute atomic E-state index is 0.00643. The van der Waals surface area contributed by atoms with E-state index in [1.807, 2.05) is 36.4 Å². The zero-order chi connectivity index (χ0) is 20.4. The molecule has 0 unspecified atom stereocenters. The smallest absolute Gasteiger partial charge is 0.223 e. The van der Waals surface area contributed by atoms with Crippen LogP contribution < -0.4 is 10.1 Å². The Kier molecular flexibility index (Phi) is 5.84. The van der Waals surface area contributed by atoms with Crippen LogP contribution in [0.4, 0.5) is 0 Å². The molecule has 1 amide bonds. The minimum atomic E-state index is -0.285. The largest absolute Gasteiger partial charge is 0.487 e. The first kappa shape index (κ1) is 20.2. The van der Waals surface area contributed by atoms with Crippen molar-refractivity contribution in [1.82, 2.24) is 10.2 Å². The molecule has 4 nitrogen and oxygen atoms in total. The van der Waals surface area contributed by atoms with Crippen LogP contribution in [0.15, 0.2) is 48.5 Å². The Morgan fingerprint density at radius 2 is 1.93 bits per heavy atom. The topological polar surface area (TPSA) is 41.6 Å². The van der Waals surface area contributed by atoms with E-state index in [4.69, 9.17) is 16.3 Å². The molecule has 0 radical (unpaired) electrons. The number of carbonyl (C=O) groups is 1. The Morgan fingerprint density at radius 1 is 1.17 bits per heavy atom. The summed E-state index contributed by atoms with van der Waals surface area (Å²) in [4.78, 5) is 15.4. The number of hydrogen-bond acceptors (Lipinski definition) is 3. The molecule has 1 saturated heterocycles. The Bertz CT molecular complexity index is 875. The van der Waals surface area contributed by atoms with E-state index in [-0.39, 0.29) is 23.5 Å². The Morgan fingerprint density at radius 3 is 2.69 bits per heavy atom. The van der Waals surface area contributed by atoms with Crippen molar-refractivity contribution in [1.29, 1.82) is 0 Å². The molecule has 0 aromatic heterocycles. The standard InChI is InChI=1S/C24H29ClN2O2/c1-24(2)15-21(20-8-3-4-9-22(20)29-24)26-23(28)18-10-12-27(13-11-18)16-17-6-5-7-19(25)14-17/h3-9,14,18,21H,10-13,15-16H2,1-2H3,(H,26,28)/t21-/m0/s1. The van der Waals surface area contributed by atoms with Gasteiger partial charge >= 0.3 is 0 Å². The molecule has 0 aliphatic carbocycles. The molecular weight excluding hydrogens is 384 g/mol. The highest BCUT2D eigenvalue weighted by atomic mass is 35.5. The third-order valence-electron chi connectivity index (χ3n) is 5.95. The number of fused-ring (bicyclic) bond motifs is 1. The number of piperidine rings is 1. The number of nitrogens with one attached hydrogen (secondary N) is 1. The first-order valence-corrected chi connectivity index (χ1v) is 10.8. The second-order valence-corrected chi connectivity index (χ2v) is 9.28. The molecule has 2 aliphatic rings. The van der Waals surface area contributed by atoms with Crippen LogP contribution >= 0.6 is 11.6 Å². The SMILES string of the molecule is CC1(C)C[C@H](NC(=O)C2CCN(Cc3cccc(Cl)c3)CC2)c2ccccc2O1. The number of ether oxygens (including phenoxy) is 1. The Balaban J connectivity index is 1.34. The second-order valence-electron chi connectivity index (χ2n) is 8.85. The van der Waals surface area contributed by atoms with Crippen molar-refractivity contribution in [2.45, 2.75) is 51.3 Å². The van der Waals surface area contributed by atoms with Crippen molar-refractivity contribution in [3.05, 3.63) is 64.7 Å². The minimum Gasteiger partial charge on any atom is -0.487 e. The first-order valence-electron chi connectivity index (χ1n) is 10.4. The molecule has 0 bridgehead atoms. The molecule has 154 valence electrons. The summed E-state index contributed by atoms with van der Waals surface area (Å²) in [6.07, 6.45) is 2.56. The molecule has 29 heavy (non-hydrogen) atoms. The predicted molar refractivity (Wildman–Crippen MR) is 116 cm³/mol. The van der Waals surface area contributed by atoms with Crippen LogP contribution in [0, 0.1) is 5.92 Å². The molecular formula is C24H29ClN2O2. The molecule has 2 heterocycles. The van der Waals surface area contributed by atoms with E-state index in [2.05, 4.69) is 36.2 Å². The number of para-hydroxylation sites is 1. The molecule has 1 atom stereocenters. The van der Waals surface area contributed by atoms with Crippen molar-refractivity contribution < 1.29 is 9.53 Å². The summed E-state index contributed by atoms with van der Waals surface area (Å²) < 4.78 is 6.09. The van der Waals surface area contributed by atoms with Gasteiger partial charge in [-0.1, -0.05) is 41.9 Å². The molecule has 0 saturated carbocycles. The highest BCUT2D eigenvalue weighted by Gasteiger charge is 2.35. The first-order chi connectivity index (χ1) is 13.9. The van der Waals surface area contributed by atoms with Gasteiger partial charge in [-0.25, -0.2) is 0 Å². The number of benzene rings is 2. The van der Waals surface area contributed by atoms with Crippen molar-refractivity contribution in [2.75, 3.05) is 13.1 Å². The van der Waals surface area contributed by atoms with Crippen LogP contribution in [-0.2, 0) is 11.3 Å². The third-order valence-corrected chi connectivity index (χ3v) is 6.18. The normalized spacial score (nSPS) is 21.8. The number of carbonyl (C=O) groups excluding carboxylic acids is 1. The van der Waals surface area contributed by atoms with Gasteiger partial charge in [0.25, 0.3) is 0 Å². The lowest BCUT2D eigenvalue weighted by Gasteiger charge is -2.39. The van der Waals surface area contributed by atoms with Crippen LogP contribution in [0.5, 0.6) is 5.75 Å². The van der Waals surface area contributed by atoms with Crippen LogP contribution in [0.25, 0.3) is 0 Å². The quantitative estimate of drug-likeness (QED) is 0.770. The monoisotopic (exact) mass is 412 g/mol. The van der Waals surface area contributed by atoms with E-state index < -0.39 is 0 Å².